The highest BCUT2D eigenvalue weighted by molar-refractivity contribution is 5.97. The topological polar surface area (TPSA) is 17.1 Å². The van der Waals surface area contributed by atoms with Crippen LogP contribution in [0.15, 0.2) is 24.3 Å². The van der Waals surface area contributed by atoms with E-state index in [1.807, 2.05) is 18.2 Å². The molecule has 0 aliphatic heterocycles. The fraction of sp³-hybridized carbons (Fsp3) is 0.562. The Bertz CT molecular complexity index is 408. The van der Waals surface area contributed by atoms with Gasteiger partial charge >= 0.3 is 0 Å². The second-order valence-electron chi connectivity index (χ2n) is 6.20. The maximum Gasteiger partial charge on any atom is 0.163 e. The Morgan fingerprint density at radius 2 is 1.88 bits per heavy atom. The number of carbonyl (C=O) groups excluding carboxylic acids is 1. The third-order valence-electron chi connectivity index (χ3n) is 3.51. The summed E-state index contributed by atoms with van der Waals surface area (Å²) in [4.78, 5) is 12.2. The maximum absolute atomic E-state index is 12.2. The van der Waals surface area contributed by atoms with Crippen LogP contribution in [0.1, 0.15) is 62.4 Å². The summed E-state index contributed by atoms with van der Waals surface area (Å²) in [6.07, 6.45) is 4.46. The van der Waals surface area contributed by atoms with Crippen LogP contribution in [0, 0.1) is 5.92 Å². The molecule has 0 unspecified atom stereocenters. The minimum absolute atomic E-state index is 0.0475. The fourth-order valence-electron chi connectivity index (χ4n) is 2.26. The van der Waals surface area contributed by atoms with Crippen molar-refractivity contribution in [1.82, 2.24) is 0 Å². The van der Waals surface area contributed by atoms with Crippen molar-refractivity contribution >= 4 is 5.78 Å². The molecule has 0 N–H and O–H groups in total. The van der Waals surface area contributed by atoms with Gasteiger partial charge in [0.1, 0.15) is 0 Å². The highest BCUT2D eigenvalue weighted by Gasteiger charge is 2.24. The van der Waals surface area contributed by atoms with E-state index in [9.17, 15) is 4.79 Å². The van der Waals surface area contributed by atoms with Gasteiger partial charge in [-0.2, -0.15) is 0 Å². The number of ketones is 1. The first-order valence-corrected chi connectivity index (χ1v) is 6.61. The molecular formula is C16H22O. The molecule has 0 amide bonds. The summed E-state index contributed by atoms with van der Waals surface area (Å²) in [5.74, 6) is 1.16. The van der Waals surface area contributed by atoms with Crippen molar-refractivity contribution in [2.75, 3.05) is 0 Å². The first kappa shape index (κ1) is 12.3. The lowest BCUT2D eigenvalue weighted by atomic mass is 9.82. The molecule has 92 valence electrons. The molecule has 0 saturated heterocycles. The highest BCUT2D eigenvalue weighted by Crippen LogP contribution is 2.34. The zero-order valence-corrected chi connectivity index (χ0v) is 11.1. The summed E-state index contributed by atoms with van der Waals surface area (Å²) in [7, 11) is 0. The van der Waals surface area contributed by atoms with Gasteiger partial charge in [0.05, 0.1) is 0 Å². The lowest BCUT2D eigenvalue weighted by Crippen LogP contribution is -2.16. The number of hydrogen-bond acceptors (Lipinski definition) is 1. The molecule has 1 saturated carbocycles. The van der Waals surface area contributed by atoms with Crippen LogP contribution < -0.4 is 0 Å². The molecule has 1 heteroatoms. The molecule has 0 aromatic heterocycles. The van der Waals surface area contributed by atoms with Gasteiger partial charge in [-0.05, 0) is 23.3 Å². The van der Waals surface area contributed by atoms with E-state index in [0.29, 0.717) is 5.78 Å². The fourth-order valence-corrected chi connectivity index (χ4v) is 2.26. The maximum atomic E-state index is 12.2. The van der Waals surface area contributed by atoms with Crippen molar-refractivity contribution in [3.8, 4) is 0 Å². The number of Topliss-reactive ketones (excluding diaryl/α,β-unsaturated/α-hetero) is 1. The second kappa shape index (κ2) is 4.64. The standard InChI is InChI=1S/C16H22O/c1-16(2,3)14-7-5-4-6-13(14)15(17)11-10-12-8-9-12/h4-7,12H,8-11H2,1-3H3. The van der Waals surface area contributed by atoms with Gasteiger partial charge < -0.3 is 0 Å². The lowest BCUT2D eigenvalue weighted by Gasteiger charge is -2.22. The summed E-state index contributed by atoms with van der Waals surface area (Å²) in [5.41, 5.74) is 2.16. The minimum atomic E-state index is 0.0475. The van der Waals surface area contributed by atoms with Crippen molar-refractivity contribution in [1.29, 1.82) is 0 Å². The quantitative estimate of drug-likeness (QED) is 0.702. The first-order chi connectivity index (χ1) is 7.98. The van der Waals surface area contributed by atoms with Crippen molar-refractivity contribution in [3.05, 3.63) is 35.4 Å². The Labute approximate surface area is 104 Å². The molecule has 1 fully saturated rings. The van der Waals surface area contributed by atoms with E-state index in [-0.39, 0.29) is 5.41 Å². The van der Waals surface area contributed by atoms with Crippen molar-refractivity contribution in [2.24, 2.45) is 5.92 Å². The van der Waals surface area contributed by atoms with Crippen molar-refractivity contribution in [3.63, 3.8) is 0 Å². The smallest absolute Gasteiger partial charge is 0.163 e. The Morgan fingerprint density at radius 3 is 2.47 bits per heavy atom. The summed E-state index contributed by atoms with van der Waals surface area (Å²) in [6, 6.07) is 8.07. The zero-order valence-electron chi connectivity index (χ0n) is 11.1. The SMILES string of the molecule is CC(C)(C)c1ccccc1C(=O)CCC1CC1. The molecule has 17 heavy (non-hydrogen) atoms. The Hall–Kier alpha value is -1.11. The van der Waals surface area contributed by atoms with Crippen LogP contribution in [0.4, 0.5) is 0 Å². The number of benzene rings is 1. The summed E-state index contributed by atoms with van der Waals surface area (Å²) >= 11 is 0. The molecular weight excluding hydrogens is 208 g/mol. The molecule has 0 spiro atoms. The normalized spacial score (nSPS) is 15.9. The van der Waals surface area contributed by atoms with Gasteiger partial charge in [0.2, 0.25) is 0 Å². The number of carbonyl (C=O) groups is 1. The molecule has 0 atom stereocenters. The summed E-state index contributed by atoms with van der Waals surface area (Å²) in [5, 5.41) is 0. The first-order valence-electron chi connectivity index (χ1n) is 6.61. The monoisotopic (exact) mass is 230 g/mol. The summed E-state index contributed by atoms with van der Waals surface area (Å²) in [6.45, 7) is 6.50. The largest absolute Gasteiger partial charge is 0.294 e. The number of hydrogen-bond donors (Lipinski definition) is 0. The highest BCUT2D eigenvalue weighted by atomic mass is 16.1. The van der Waals surface area contributed by atoms with E-state index >= 15 is 0 Å². The second-order valence-corrected chi connectivity index (χ2v) is 6.20. The van der Waals surface area contributed by atoms with Crippen LogP contribution in [0.5, 0.6) is 0 Å². The zero-order chi connectivity index (χ0) is 12.5. The molecule has 1 aromatic rings. The Balaban J connectivity index is 2.15. The van der Waals surface area contributed by atoms with E-state index in [2.05, 4.69) is 26.8 Å². The van der Waals surface area contributed by atoms with E-state index in [4.69, 9.17) is 0 Å². The molecule has 1 aliphatic rings. The van der Waals surface area contributed by atoms with E-state index in [0.717, 1.165) is 24.3 Å². The van der Waals surface area contributed by atoms with Crippen LogP contribution >= 0.6 is 0 Å². The predicted octanol–water partition coefficient (Wildman–Crippen LogP) is 4.36. The minimum Gasteiger partial charge on any atom is -0.294 e. The van der Waals surface area contributed by atoms with Gasteiger partial charge in [-0.1, -0.05) is 57.9 Å². The molecule has 0 radical (unpaired) electrons. The third-order valence-corrected chi connectivity index (χ3v) is 3.51. The molecule has 2 rings (SSSR count). The molecule has 0 heterocycles. The molecule has 1 aromatic carbocycles. The Kier molecular flexibility index (Phi) is 3.37. The van der Waals surface area contributed by atoms with Crippen LogP contribution in [0.25, 0.3) is 0 Å². The van der Waals surface area contributed by atoms with E-state index in [1.165, 1.54) is 18.4 Å². The van der Waals surface area contributed by atoms with Gasteiger partial charge in [-0.15, -0.1) is 0 Å². The molecule has 1 aliphatic carbocycles. The average Bonchev–Trinajstić information content (AvgIpc) is 3.08. The number of rotatable bonds is 4. The van der Waals surface area contributed by atoms with Crippen LogP contribution in [0.3, 0.4) is 0 Å². The van der Waals surface area contributed by atoms with Gasteiger partial charge in [-0.3, -0.25) is 4.79 Å². The van der Waals surface area contributed by atoms with Crippen LogP contribution in [0.2, 0.25) is 0 Å². The predicted molar refractivity (Wildman–Crippen MR) is 71.4 cm³/mol. The van der Waals surface area contributed by atoms with Crippen LogP contribution in [-0.2, 0) is 5.41 Å². The molecule has 1 nitrogen and oxygen atoms in total. The van der Waals surface area contributed by atoms with Gasteiger partial charge in [0, 0.05) is 12.0 Å². The molecule has 0 bridgehead atoms. The van der Waals surface area contributed by atoms with Gasteiger partial charge in [0.15, 0.2) is 5.78 Å². The van der Waals surface area contributed by atoms with Gasteiger partial charge in [0.25, 0.3) is 0 Å². The third kappa shape index (κ3) is 3.18. The summed E-state index contributed by atoms with van der Waals surface area (Å²) < 4.78 is 0. The van der Waals surface area contributed by atoms with Crippen molar-refractivity contribution < 1.29 is 4.79 Å². The lowest BCUT2D eigenvalue weighted by molar-refractivity contribution is 0.0976. The van der Waals surface area contributed by atoms with E-state index < -0.39 is 0 Å². The van der Waals surface area contributed by atoms with Crippen molar-refractivity contribution in [2.45, 2.75) is 51.9 Å². The Morgan fingerprint density at radius 1 is 1.24 bits per heavy atom. The van der Waals surface area contributed by atoms with E-state index in [1.54, 1.807) is 0 Å². The van der Waals surface area contributed by atoms with Crippen LogP contribution in [-0.4, -0.2) is 5.78 Å². The average molecular weight is 230 g/mol. The van der Waals surface area contributed by atoms with Gasteiger partial charge in [-0.25, -0.2) is 0 Å².